The van der Waals surface area contributed by atoms with Crippen LogP contribution in [0.3, 0.4) is 0 Å². The molecule has 2 aliphatic carbocycles. The van der Waals surface area contributed by atoms with Gasteiger partial charge in [0.05, 0.1) is 25.0 Å². The molecule has 2 fully saturated rings. The highest BCUT2D eigenvalue weighted by molar-refractivity contribution is 6.01. The van der Waals surface area contributed by atoms with Crippen LogP contribution in [0, 0.1) is 10.8 Å². The molecule has 0 radical (unpaired) electrons. The summed E-state index contributed by atoms with van der Waals surface area (Å²) in [6.45, 7) is 0. The molecule has 0 aromatic carbocycles. The molecule has 4 nitrogen and oxygen atoms in total. The largest absolute Gasteiger partial charge is 0.469 e. The van der Waals surface area contributed by atoms with E-state index in [1.807, 2.05) is 0 Å². The highest BCUT2D eigenvalue weighted by atomic mass is 16.5. The Labute approximate surface area is 69.8 Å². The van der Waals surface area contributed by atoms with Gasteiger partial charge in [0.1, 0.15) is 0 Å². The molecule has 2 aliphatic rings. The van der Waals surface area contributed by atoms with Gasteiger partial charge in [-0.2, -0.15) is 0 Å². The summed E-state index contributed by atoms with van der Waals surface area (Å²) >= 11 is 0. The van der Waals surface area contributed by atoms with Gasteiger partial charge in [-0.15, -0.1) is 0 Å². The van der Waals surface area contributed by atoms with Gasteiger partial charge in [-0.05, 0) is 12.8 Å². The number of hydrogen-bond donors (Lipinski definition) is 0. The molecule has 2 rings (SSSR count). The summed E-state index contributed by atoms with van der Waals surface area (Å²) in [6.07, 6.45) is 1.22. The zero-order chi connectivity index (χ0) is 8.98. The molecule has 0 aliphatic heterocycles. The maximum Gasteiger partial charge on any atom is 0.313 e. The van der Waals surface area contributed by atoms with Crippen LogP contribution >= 0.6 is 0 Å². The van der Waals surface area contributed by atoms with Crippen molar-refractivity contribution in [2.75, 3.05) is 14.2 Å². The maximum atomic E-state index is 11.1. The third-order valence-corrected chi connectivity index (χ3v) is 3.03. The number of methoxy groups -OCH3 is 2. The van der Waals surface area contributed by atoms with Crippen LogP contribution in [0.15, 0.2) is 0 Å². The van der Waals surface area contributed by atoms with Gasteiger partial charge in [0.2, 0.25) is 0 Å². The molecule has 0 N–H and O–H groups in total. The highest BCUT2D eigenvalue weighted by Gasteiger charge is 2.92. The summed E-state index contributed by atoms with van der Waals surface area (Å²) in [7, 11) is 2.69. The first-order valence-electron chi connectivity index (χ1n) is 3.80. The highest BCUT2D eigenvalue weighted by Crippen LogP contribution is 2.86. The second-order valence-electron chi connectivity index (χ2n) is 3.50. The molecule has 12 heavy (non-hydrogen) atoms. The fourth-order valence-corrected chi connectivity index (χ4v) is 1.96. The van der Waals surface area contributed by atoms with Gasteiger partial charge in [0.15, 0.2) is 0 Å². The Hall–Kier alpha value is -1.06. The first-order valence-corrected chi connectivity index (χ1v) is 3.80. The predicted octanol–water partition coefficient (Wildman–Crippen LogP) is 0.113. The van der Waals surface area contributed by atoms with Crippen molar-refractivity contribution in [3.8, 4) is 0 Å². The molecular weight excluding hydrogens is 160 g/mol. The lowest BCUT2D eigenvalue weighted by Crippen LogP contribution is -2.10. The monoisotopic (exact) mass is 170 g/mol. The number of carbonyl (C=O) groups excluding carboxylic acids is 2. The third kappa shape index (κ3) is 0.552. The lowest BCUT2D eigenvalue weighted by Gasteiger charge is -1.97. The average Bonchev–Trinajstić information content (AvgIpc) is 2.86. The molecule has 0 heterocycles. The quantitative estimate of drug-likeness (QED) is 0.552. The summed E-state index contributed by atoms with van der Waals surface area (Å²) in [5, 5.41) is 0. The fraction of sp³-hybridized carbons (Fsp3) is 0.750. The van der Waals surface area contributed by atoms with E-state index in [2.05, 4.69) is 9.47 Å². The van der Waals surface area contributed by atoms with Gasteiger partial charge in [-0.25, -0.2) is 0 Å². The van der Waals surface area contributed by atoms with E-state index in [0.717, 1.165) is 0 Å². The summed E-state index contributed by atoms with van der Waals surface area (Å²) in [6, 6.07) is 0. The number of fused-ring (bicyclic) bond motifs is 1. The maximum absolute atomic E-state index is 11.1. The molecule has 0 aromatic rings. The number of carbonyl (C=O) groups is 2. The Morgan fingerprint density at radius 2 is 1.33 bits per heavy atom. The predicted molar refractivity (Wildman–Crippen MR) is 38.1 cm³/mol. The molecule has 2 saturated carbocycles. The van der Waals surface area contributed by atoms with Crippen LogP contribution in [0.4, 0.5) is 0 Å². The first kappa shape index (κ1) is 7.58. The van der Waals surface area contributed by atoms with E-state index in [9.17, 15) is 9.59 Å². The molecule has 0 bridgehead atoms. The number of hydrogen-bond acceptors (Lipinski definition) is 4. The Morgan fingerprint density at radius 1 is 1.00 bits per heavy atom. The fourth-order valence-electron chi connectivity index (χ4n) is 1.96. The molecule has 0 unspecified atom stereocenters. The Kier molecular flexibility index (Phi) is 1.14. The van der Waals surface area contributed by atoms with Crippen molar-refractivity contribution >= 4 is 11.9 Å². The second kappa shape index (κ2) is 1.81. The molecule has 4 heteroatoms. The molecule has 0 atom stereocenters. The molecule has 0 saturated heterocycles. The van der Waals surface area contributed by atoms with E-state index in [4.69, 9.17) is 0 Å². The summed E-state index contributed by atoms with van der Waals surface area (Å²) in [5.74, 6) is -0.541. The SMILES string of the molecule is COC(=O)C12CC1(C(=O)OC)C2. The van der Waals surface area contributed by atoms with Gasteiger partial charge in [0, 0.05) is 0 Å². The van der Waals surface area contributed by atoms with E-state index < -0.39 is 10.8 Å². The van der Waals surface area contributed by atoms with E-state index in [1.54, 1.807) is 0 Å². The van der Waals surface area contributed by atoms with Gasteiger partial charge in [-0.3, -0.25) is 9.59 Å². The van der Waals surface area contributed by atoms with Crippen LogP contribution < -0.4 is 0 Å². The molecule has 0 spiro atoms. The standard InChI is InChI=1S/C8H10O4/c1-11-5(9)7-3-8(7,4-7)6(10)12-2/h3-4H2,1-2H3. The van der Waals surface area contributed by atoms with Crippen LogP contribution in [0.1, 0.15) is 12.8 Å². The number of rotatable bonds is 2. The van der Waals surface area contributed by atoms with Crippen LogP contribution in [0.2, 0.25) is 0 Å². The topological polar surface area (TPSA) is 52.6 Å². The summed E-state index contributed by atoms with van der Waals surface area (Å²) in [4.78, 5) is 22.3. The third-order valence-electron chi connectivity index (χ3n) is 3.03. The second-order valence-corrected chi connectivity index (χ2v) is 3.50. The normalized spacial score (nSPS) is 41.2. The zero-order valence-electron chi connectivity index (χ0n) is 7.05. The first-order chi connectivity index (χ1) is 5.63. The zero-order valence-corrected chi connectivity index (χ0v) is 7.05. The van der Waals surface area contributed by atoms with Crippen LogP contribution in [-0.2, 0) is 19.1 Å². The van der Waals surface area contributed by atoms with Crippen molar-refractivity contribution in [3.63, 3.8) is 0 Å². The molecule has 0 amide bonds. The minimum absolute atomic E-state index is 0.270. The van der Waals surface area contributed by atoms with Crippen LogP contribution in [0.25, 0.3) is 0 Å². The Morgan fingerprint density at radius 3 is 1.58 bits per heavy atom. The average molecular weight is 170 g/mol. The van der Waals surface area contributed by atoms with E-state index >= 15 is 0 Å². The van der Waals surface area contributed by atoms with Gasteiger partial charge in [0.25, 0.3) is 0 Å². The van der Waals surface area contributed by atoms with Crippen molar-refractivity contribution < 1.29 is 19.1 Å². The summed E-state index contributed by atoms with van der Waals surface area (Å²) < 4.78 is 9.18. The Balaban J connectivity index is 2.09. The van der Waals surface area contributed by atoms with Crippen LogP contribution in [-0.4, -0.2) is 26.2 Å². The molecular formula is C8H10O4. The number of ether oxygens (including phenoxy) is 2. The van der Waals surface area contributed by atoms with E-state index in [1.165, 1.54) is 14.2 Å². The minimum atomic E-state index is -0.491. The summed E-state index contributed by atoms with van der Waals surface area (Å²) in [5.41, 5.74) is -0.982. The van der Waals surface area contributed by atoms with Crippen molar-refractivity contribution in [1.82, 2.24) is 0 Å². The molecule has 0 aromatic heterocycles. The van der Waals surface area contributed by atoms with Gasteiger partial charge < -0.3 is 9.47 Å². The lowest BCUT2D eigenvalue weighted by molar-refractivity contribution is -0.148. The van der Waals surface area contributed by atoms with Crippen molar-refractivity contribution in [1.29, 1.82) is 0 Å². The number of esters is 2. The van der Waals surface area contributed by atoms with Crippen molar-refractivity contribution in [3.05, 3.63) is 0 Å². The van der Waals surface area contributed by atoms with Gasteiger partial charge in [-0.1, -0.05) is 0 Å². The smallest absolute Gasteiger partial charge is 0.313 e. The lowest BCUT2D eigenvalue weighted by atomic mass is 10.2. The van der Waals surface area contributed by atoms with Crippen molar-refractivity contribution in [2.45, 2.75) is 12.8 Å². The van der Waals surface area contributed by atoms with E-state index in [-0.39, 0.29) is 11.9 Å². The van der Waals surface area contributed by atoms with E-state index in [0.29, 0.717) is 12.8 Å². The van der Waals surface area contributed by atoms with Crippen LogP contribution in [0.5, 0.6) is 0 Å². The Bertz CT molecular complexity index is 236. The molecule has 66 valence electrons. The van der Waals surface area contributed by atoms with Crippen molar-refractivity contribution in [2.24, 2.45) is 10.8 Å². The van der Waals surface area contributed by atoms with Gasteiger partial charge >= 0.3 is 11.9 Å². The minimum Gasteiger partial charge on any atom is -0.469 e.